The molecule has 0 saturated heterocycles. The molecule has 6 heteroatoms. The Morgan fingerprint density at radius 1 is 1.44 bits per heavy atom. The number of rotatable bonds is 4. The third kappa shape index (κ3) is 2.48. The van der Waals surface area contributed by atoms with Crippen LogP contribution in [0, 0.1) is 17.0 Å². The fraction of sp³-hybridized carbons (Fsp3) is 0.250. The average molecular weight is 247 g/mol. The van der Waals surface area contributed by atoms with Gasteiger partial charge in [-0.3, -0.25) is 10.1 Å². The van der Waals surface area contributed by atoms with E-state index in [4.69, 9.17) is 4.42 Å². The molecule has 2 aromatic heterocycles. The Kier molecular flexibility index (Phi) is 3.27. The molecular weight excluding hydrogens is 234 g/mol. The van der Waals surface area contributed by atoms with E-state index in [9.17, 15) is 10.1 Å². The van der Waals surface area contributed by atoms with Gasteiger partial charge in [-0.2, -0.15) is 0 Å². The molecule has 0 fully saturated rings. The predicted octanol–water partition coefficient (Wildman–Crippen LogP) is 2.53. The quantitative estimate of drug-likeness (QED) is 0.613. The van der Waals surface area contributed by atoms with Gasteiger partial charge in [-0.25, -0.2) is 4.98 Å². The highest BCUT2D eigenvalue weighted by Gasteiger charge is 2.18. The molecule has 0 aromatic carbocycles. The minimum atomic E-state index is -0.438. The summed E-state index contributed by atoms with van der Waals surface area (Å²) in [5.74, 6) is 1.89. The lowest BCUT2D eigenvalue weighted by Gasteiger charge is -2.16. The molecule has 2 aromatic rings. The number of furan rings is 1. The molecule has 0 atom stereocenters. The van der Waals surface area contributed by atoms with Gasteiger partial charge >= 0.3 is 5.69 Å². The van der Waals surface area contributed by atoms with Crippen molar-refractivity contribution in [1.82, 2.24) is 4.98 Å². The fourth-order valence-corrected chi connectivity index (χ4v) is 1.70. The minimum Gasteiger partial charge on any atom is -0.464 e. The van der Waals surface area contributed by atoms with Crippen LogP contribution in [-0.4, -0.2) is 17.0 Å². The topological polar surface area (TPSA) is 72.4 Å². The Labute approximate surface area is 104 Å². The number of anilines is 1. The highest BCUT2D eigenvalue weighted by molar-refractivity contribution is 5.56. The first-order chi connectivity index (χ1) is 8.58. The second-order valence-corrected chi connectivity index (χ2v) is 3.97. The van der Waals surface area contributed by atoms with Crippen molar-refractivity contribution in [2.75, 3.05) is 11.9 Å². The Balaban J connectivity index is 2.23. The van der Waals surface area contributed by atoms with Crippen LogP contribution in [0.15, 0.2) is 34.9 Å². The SMILES string of the molecule is Cc1ccc(CN(C)c2ncccc2[N+](=O)[O-])o1. The molecule has 0 N–H and O–H groups in total. The molecule has 2 rings (SSSR count). The van der Waals surface area contributed by atoms with E-state index in [1.807, 2.05) is 19.1 Å². The van der Waals surface area contributed by atoms with Crippen LogP contribution in [0.3, 0.4) is 0 Å². The number of pyridine rings is 1. The van der Waals surface area contributed by atoms with E-state index in [0.717, 1.165) is 11.5 Å². The van der Waals surface area contributed by atoms with E-state index < -0.39 is 4.92 Å². The van der Waals surface area contributed by atoms with Gasteiger partial charge < -0.3 is 9.32 Å². The highest BCUT2D eigenvalue weighted by atomic mass is 16.6. The summed E-state index contributed by atoms with van der Waals surface area (Å²) in [7, 11) is 1.74. The third-order valence-corrected chi connectivity index (χ3v) is 2.51. The van der Waals surface area contributed by atoms with E-state index in [0.29, 0.717) is 12.4 Å². The lowest BCUT2D eigenvalue weighted by atomic mass is 10.3. The molecule has 94 valence electrons. The average Bonchev–Trinajstić information content (AvgIpc) is 2.74. The van der Waals surface area contributed by atoms with Crippen molar-refractivity contribution in [2.45, 2.75) is 13.5 Å². The van der Waals surface area contributed by atoms with Gasteiger partial charge in [0.05, 0.1) is 11.5 Å². The van der Waals surface area contributed by atoms with Crippen LogP contribution in [0.2, 0.25) is 0 Å². The van der Waals surface area contributed by atoms with E-state index in [-0.39, 0.29) is 5.69 Å². The maximum absolute atomic E-state index is 10.9. The summed E-state index contributed by atoms with van der Waals surface area (Å²) in [4.78, 5) is 16.2. The Morgan fingerprint density at radius 2 is 2.22 bits per heavy atom. The maximum Gasteiger partial charge on any atom is 0.311 e. The third-order valence-electron chi connectivity index (χ3n) is 2.51. The lowest BCUT2D eigenvalue weighted by Crippen LogP contribution is -2.18. The van der Waals surface area contributed by atoms with Crippen LogP contribution in [-0.2, 0) is 6.54 Å². The highest BCUT2D eigenvalue weighted by Crippen LogP contribution is 2.25. The lowest BCUT2D eigenvalue weighted by molar-refractivity contribution is -0.384. The van der Waals surface area contributed by atoms with Crippen LogP contribution >= 0.6 is 0 Å². The van der Waals surface area contributed by atoms with Crippen molar-refractivity contribution in [3.63, 3.8) is 0 Å². The summed E-state index contributed by atoms with van der Waals surface area (Å²) in [5, 5.41) is 10.9. The molecule has 0 aliphatic heterocycles. The van der Waals surface area contributed by atoms with Gasteiger partial charge in [-0.15, -0.1) is 0 Å². The fourth-order valence-electron chi connectivity index (χ4n) is 1.70. The second-order valence-electron chi connectivity index (χ2n) is 3.97. The van der Waals surface area contributed by atoms with E-state index in [1.54, 1.807) is 18.0 Å². The summed E-state index contributed by atoms with van der Waals surface area (Å²) in [5.41, 5.74) is -0.0109. The van der Waals surface area contributed by atoms with Gasteiger partial charge in [0.15, 0.2) is 0 Å². The summed E-state index contributed by atoms with van der Waals surface area (Å²) in [6.07, 6.45) is 1.53. The molecule has 0 bridgehead atoms. The van der Waals surface area contributed by atoms with Crippen molar-refractivity contribution >= 4 is 11.5 Å². The molecule has 2 heterocycles. The zero-order chi connectivity index (χ0) is 13.1. The van der Waals surface area contributed by atoms with Crippen molar-refractivity contribution in [1.29, 1.82) is 0 Å². The number of hydrogen-bond donors (Lipinski definition) is 0. The number of hydrogen-bond acceptors (Lipinski definition) is 5. The van der Waals surface area contributed by atoms with Crippen molar-refractivity contribution in [3.05, 3.63) is 52.1 Å². The second kappa shape index (κ2) is 4.87. The van der Waals surface area contributed by atoms with Crippen molar-refractivity contribution < 1.29 is 9.34 Å². The normalized spacial score (nSPS) is 10.3. The Bertz CT molecular complexity index is 565. The largest absolute Gasteiger partial charge is 0.464 e. The standard InChI is InChI=1S/C12H13N3O3/c1-9-5-6-10(18-9)8-14(2)12-11(15(16)17)4-3-7-13-12/h3-7H,8H2,1-2H3. The van der Waals surface area contributed by atoms with Crippen LogP contribution in [0.1, 0.15) is 11.5 Å². The van der Waals surface area contributed by atoms with Gasteiger partial charge in [0.25, 0.3) is 0 Å². The Morgan fingerprint density at radius 3 is 2.83 bits per heavy atom. The zero-order valence-electron chi connectivity index (χ0n) is 10.2. The summed E-state index contributed by atoms with van der Waals surface area (Å²) in [6.45, 7) is 2.29. The molecule has 0 spiro atoms. The van der Waals surface area contributed by atoms with Crippen molar-refractivity contribution in [2.24, 2.45) is 0 Å². The van der Waals surface area contributed by atoms with Crippen LogP contribution in [0.4, 0.5) is 11.5 Å². The van der Waals surface area contributed by atoms with E-state index in [2.05, 4.69) is 4.98 Å². The molecule has 0 unspecified atom stereocenters. The van der Waals surface area contributed by atoms with Gasteiger partial charge in [-0.1, -0.05) is 0 Å². The number of nitrogens with zero attached hydrogens (tertiary/aromatic N) is 3. The minimum absolute atomic E-state index is 0.0109. The molecule has 18 heavy (non-hydrogen) atoms. The molecule has 0 amide bonds. The molecule has 0 aliphatic carbocycles. The Hall–Kier alpha value is -2.37. The maximum atomic E-state index is 10.9. The van der Waals surface area contributed by atoms with Gasteiger partial charge in [0.1, 0.15) is 11.5 Å². The molecule has 0 radical (unpaired) electrons. The first-order valence-corrected chi connectivity index (χ1v) is 5.44. The summed E-state index contributed by atoms with van der Waals surface area (Å²) < 4.78 is 5.44. The molecular formula is C12H13N3O3. The van der Waals surface area contributed by atoms with E-state index in [1.165, 1.54) is 12.3 Å². The van der Waals surface area contributed by atoms with Crippen LogP contribution in [0.25, 0.3) is 0 Å². The smallest absolute Gasteiger partial charge is 0.311 e. The summed E-state index contributed by atoms with van der Waals surface area (Å²) in [6, 6.07) is 6.69. The molecule has 0 aliphatic rings. The number of nitro groups is 1. The van der Waals surface area contributed by atoms with Crippen LogP contribution < -0.4 is 4.90 Å². The van der Waals surface area contributed by atoms with Gasteiger partial charge in [0, 0.05) is 19.3 Å². The van der Waals surface area contributed by atoms with Gasteiger partial charge in [0.2, 0.25) is 5.82 Å². The van der Waals surface area contributed by atoms with Gasteiger partial charge in [-0.05, 0) is 25.1 Å². The number of aryl methyl sites for hydroxylation is 1. The molecule has 0 saturated carbocycles. The summed E-state index contributed by atoms with van der Waals surface area (Å²) >= 11 is 0. The predicted molar refractivity (Wildman–Crippen MR) is 66.4 cm³/mol. The number of aromatic nitrogens is 1. The first kappa shape index (κ1) is 12.1. The van der Waals surface area contributed by atoms with E-state index >= 15 is 0 Å². The monoisotopic (exact) mass is 247 g/mol. The molecule has 6 nitrogen and oxygen atoms in total. The first-order valence-electron chi connectivity index (χ1n) is 5.44. The van der Waals surface area contributed by atoms with Crippen LogP contribution in [0.5, 0.6) is 0 Å². The zero-order valence-corrected chi connectivity index (χ0v) is 10.2. The van der Waals surface area contributed by atoms with Crippen molar-refractivity contribution in [3.8, 4) is 0 Å².